The maximum Gasteiger partial charge on any atom is 0.337 e. The zero-order valence-corrected chi connectivity index (χ0v) is 14.2. The Kier molecular flexibility index (Phi) is 3.61. The highest BCUT2D eigenvalue weighted by Crippen LogP contribution is 2.26. The van der Waals surface area contributed by atoms with Crippen molar-refractivity contribution in [1.82, 2.24) is 5.06 Å². The molecule has 0 spiro atoms. The Morgan fingerprint density at radius 3 is 2.31 bits per heavy atom. The average Bonchev–Trinajstić information content (AvgIpc) is 3.10. The van der Waals surface area contributed by atoms with Crippen molar-refractivity contribution in [3.8, 4) is 0 Å². The second kappa shape index (κ2) is 5.84. The predicted molar refractivity (Wildman–Crippen MR) is 92.4 cm³/mol. The molecule has 0 bridgehead atoms. The smallest absolute Gasteiger partial charge is 0.337 e. The second-order valence-electron chi connectivity index (χ2n) is 6.28. The van der Waals surface area contributed by atoms with E-state index in [0.717, 1.165) is 16.5 Å². The number of aryl methyl sites for hydroxylation is 2. The third kappa shape index (κ3) is 2.47. The van der Waals surface area contributed by atoms with Crippen LogP contribution in [0.1, 0.15) is 37.4 Å². The zero-order chi connectivity index (χ0) is 18.4. The quantitative estimate of drug-likeness (QED) is 0.678. The van der Waals surface area contributed by atoms with Gasteiger partial charge < -0.3 is 9.25 Å². The van der Waals surface area contributed by atoms with Crippen molar-refractivity contribution in [1.29, 1.82) is 0 Å². The Hall–Kier alpha value is -3.41. The number of furan rings is 1. The molecule has 3 aromatic rings. The van der Waals surface area contributed by atoms with Crippen LogP contribution >= 0.6 is 0 Å². The van der Waals surface area contributed by atoms with E-state index in [-0.39, 0.29) is 17.5 Å². The molecule has 0 fully saturated rings. The summed E-state index contributed by atoms with van der Waals surface area (Å²) < 4.78 is 5.49. The van der Waals surface area contributed by atoms with Crippen LogP contribution < -0.4 is 0 Å². The van der Waals surface area contributed by atoms with E-state index in [1.54, 1.807) is 12.1 Å². The molecule has 1 aliphatic rings. The summed E-state index contributed by atoms with van der Waals surface area (Å²) in [6, 6.07) is 10.2. The van der Waals surface area contributed by atoms with Gasteiger partial charge in [-0.15, -0.1) is 0 Å². The Labute approximate surface area is 148 Å². The van der Waals surface area contributed by atoms with Gasteiger partial charge in [-0.3, -0.25) is 9.59 Å². The molecular formula is C20H15NO5. The summed E-state index contributed by atoms with van der Waals surface area (Å²) in [5, 5.41) is 1.33. The SMILES string of the molecule is Cc1cc2occ(CC(=O)ON3C(=O)c4ccccc4C3=O)c2cc1C. The fourth-order valence-corrected chi connectivity index (χ4v) is 3.01. The number of benzene rings is 2. The molecule has 2 amide bonds. The molecule has 0 atom stereocenters. The van der Waals surface area contributed by atoms with E-state index in [4.69, 9.17) is 9.25 Å². The van der Waals surface area contributed by atoms with Crippen LogP contribution in [0.15, 0.2) is 47.1 Å². The molecule has 1 aliphatic heterocycles. The third-order valence-corrected chi connectivity index (χ3v) is 4.55. The second-order valence-corrected chi connectivity index (χ2v) is 6.28. The number of fused-ring (bicyclic) bond motifs is 2. The summed E-state index contributed by atoms with van der Waals surface area (Å²) in [6.45, 7) is 3.95. The molecule has 0 saturated carbocycles. The van der Waals surface area contributed by atoms with E-state index in [1.165, 1.54) is 18.4 Å². The van der Waals surface area contributed by atoms with Crippen molar-refractivity contribution in [2.75, 3.05) is 0 Å². The number of amides is 2. The van der Waals surface area contributed by atoms with E-state index in [1.807, 2.05) is 26.0 Å². The van der Waals surface area contributed by atoms with Gasteiger partial charge >= 0.3 is 5.97 Å². The normalized spacial score (nSPS) is 13.4. The predicted octanol–water partition coefficient (Wildman–Crippen LogP) is 3.35. The van der Waals surface area contributed by atoms with Gasteiger partial charge in [0.25, 0.3) is 11.8 Å². The minimum absolute atomic E-state index is 0.108. The third-order valence-electron chi connectivity index (χ3n) is 4.55. The first kappa shape index (κ1) is 16.1. The van der Waals surface area contributed by atoms with Crippen molar-refractivity contribution < 1.29 is 23.6 Å². The topological polar surface area (TPSA) is 76.8 Å². The first-order valence-corrected chi connectivity index (χ1v) is 8.11. The number of carbonyl (C=O) groups excluding carboxylic acids is 3. The first-order valence-electron chi connectivity index (χ1n) is 8.11. The summed E-state index contributed by atoms with van der Waals surface area (Å²) >= 11 is 0. The van der Waals surface area contributed by atoms with Crippen LogP contribution in [-0.2, 0) is 16.1 Å². The lowest BCUT2D eigenvalue weighted by Gasteiger charge is -2.12. The first-order chi connectivity index (χ1) is 12.5. The highest BCUT2D eigenvalue weighted by atomic mass is 16.7. The van der Waals surface area contributed by atoms with E-state index < -0.39 is 17.8 Å². The largest absolute Gasteiger partial charge is 0.464 e. The minimum Gasteiger partial charge on any atom is -0.464 e. The van der Waals surface area contributed by atoms with Gasteiger partial charge in [-0.2, -0.15) is 0 Å². The summed E-state index contributed by atoms with van der Waals surface area (Å²) in [4.78, 5) is 41.8. The van der Waals surface area contributed by atoms with E-state index >= 15 is 0 Å². The summed E-state index contributed by atoms with van der Waals surface area (Å²) in [5.41, 5.74) is 3.94. The lowest BCUT2D eigenvalue weighted by molar-refractivity contribution is -0.167. The van der Waals surface area contributed by atoms with Crippen LogP contribution in [0.2, 0.25) is 0 Å². The van der Waals surface area contributed by atoms with Crippen LogP contribution in [0, 0.1) is 13.8 Å². The van der Waals surface area contributed by atoms with Gasteiger partial charge in [-0.25, -0.2) is 4.79 Å². The van der Waals surface area contributed by atoms with E-state index in [9.17, 15) is 14.4 Å². The Balaban J connectivity index is 1.55. The highest BCUT2D eigenvalue weighted by Gasteiger charge is 2.38. The molecule has 0 saturated heterocycles. The van der Waals surface area contributed by atoms with Crippen LogP contribution in [0.25, 0.3) is 11.0 Å². The highest BCUT2D eigenvalue weighted by molar-refractivity contribution is 6.20. The Morgan fingerprint density at radius 1 is 1.04 bits per heavy atom. The van der Waals surface area contributed by atoms with Crippen LogP contribution in [0.5, 0.6) is 0 Å². The molecule has 0 unspecified atom stereocenters. The maximum atomic E-state index is 12.3. The number of hydrogen-bond donors (Lipinski definition) is 0. The van der Waals surface area contributed by atoms with Gasteiger partial charge in [0.2, 0.25) is 0 Å². The van der Waals surface area contributed by atoms with Crippen LogP contribution in [-0.4, -0.2) is 22.8 Å². The van der Waals surface area contributed by atoms with Gasteiger partial charge in [0.05, 0.1) is 23.8 Å². The molecule has 0 aliphatic carbocycles. The van der Waals surface area contributed by atoms with Crippen molar-refractivity contribution in [3.05, 3.63) is 70.5 Å². The Morgan fingerprint density at radius 2 is 1.65 bits per heavy atom. The van der Waals surface area contributed by atoms with Gasteiger partial charge in [0.1, 0.15) is 5.58 Å². The molecule has 2 heterocycles. The Bertz CT molecular complexity index is 1040. The fraction of sp³-hybridized carbons (Fsp3) is 0.150. The molecule has 1 aromatic heterocycles. The minimum atomic E-state index is -0.708. The average molecular weight is 349 g/mol. The van der Waals surface area contributed by atoms with Crippen molar-refractivity contribution >= 4 is 28.8 Å². The zero-order valence-electron chi connectivity index (χ0n) is 14.2. The summed E-state index contributed by atoms with van der Waals surface area (Å²) in [7, 11) is 0. The van der Waals surface area contributed by atoms with Gasteiger partial charge in [-0.05, 0) is 49.2 Å². The monoisotopic (exact) mass is 349 g/mol. The van der Waals surface area contributed by atoms with Crippen molar-refractivity contribution in [3.63, 3.8) is 0 Å². The molecular weight excluding hydrogens is 334 g/mol. The van der Waals surface area contributed by atoms with Crippen LogP contribution in [0.3, 0.4) is 0 Å². The molecule has 6 heteroatoms. The van der Waals surface area contributed by atoms with Gasteiger partial charge in [0, 0.05) is 10.9 Å². The van der Waals surface area contributed by atoms with Crippen molar-refractivity contribution in [2.24, 2.45) is 0 Å². The maximum absolute atomic E-state index is 12.3. The molecule has 2 aromatic carbocycles. The van der Waals surface area contributed by atoms with E-state index in [2.05, 4.69) is 0 Å². The fourth-order valence-electron chi connectivity index (χ4n) is 3.01. The molecule has 0 N–H and O–H groups in total. The lowest BCUT2D eigenvalue weighted by atomic mass is 10.0. The molecule has 26 heavy (non-hydrogen) atoms. The molecule has 130 valence electrons. The van der Waals surface area contributed by atoms with E-state index in [0.29, 0.717) is 16.2 Å². The van der Waals surface area contributed by atoms with Crippen molar-refractivity contribution in [2.45, 2.75) is 20.3 Å². The summed E-state index contributed by atoms with van der Waals surface area (Å²) in [5.74, 6) is -1.98. The number of rotatable bonds is 3. The molecule has 6 nitrogen and oxygen atoms in total. The number of hydrogen-bond acceptors (Lipinski definition) is 5. The standard InChI is InChI=1S/C20H15NO5/c1-11-7-16-13(10-25-17(16)8-12(11)2)9-18(22)26-21-19(23)14-5-3-4-6-15(14)20(21)24/h3-8,10H,9H2,1-2H3. The van der Waals surface area contributed by atoms with Crippen LogP contribution in [0.4, 0.5) is 0 Å². The molecule has 0 radical (unpaired) electrons. The number of carbonyl (C=O) groups is 3. The van der Waals surface area contributed by atoms with Gasteiger partial charge in [-0.1, -0.05) is 17.2 Å². The summed E-state index contributed by atoms with van der Waals surface area (Å²) in [6.07, 6.45) is 1.39. The number of nitrogens with zero attached hydrogens (tertiary/aromatic N) is 1. The number of imide groups is 1. The lowest BCUT2D eigenvalue weighted by Crippen LogP contribution is -2.33. The van der Waals surface area contributed by atoms with Gasteiger partial charge in [0.15, 0.2) is 0 Å². The number of hydroxylamine groups is 2. The molecule has 4 rings (SSSR count).